The predicted octanol–water partition coefficient (Wildman–Crippen LogP) is 21.8. The minimum atomic E-state index is 0.0255. The number of hydrogen-bond donors (Lipinski definition) is 0. The minimum Gasteiger partial charge on any atom is -0.309 e. The molecule has 17 aromatic rings. The highest BCUT2D eigenvalue weighted by atomic mass is 15.0. The van der Waals surface area contributed by atoms with E-state index in [1.165, 1.54) is 77.0 Å². The number of hydrogen-bond acceptors (Lipinski definition) is 4. The fraction of sp³-hybridized carbons (Fsp3) is 0.0227. The zero-order valence-electron chi connectivity index (χ0n) is 51.0. The maximum Gasteiger partial charge on any atom is 0.160 e. The lowest BCUT2D eigenvalue weighted by atomic mass is 9.60. The molecule has 6 nitrogen and oxygen atoms in total. The van der Waals surface area contributed by atoms with Gasteiger partial charge < -0.3 is 9.13 Å². The van der Waals surface area contributed by atoms with Crippen LogP contribution in [-0.2, 0) is 0 Å². The van der Waals surface area contributed by atoms with Crippen molar-refractivity contribution in [2.45, 2.75) is 11.8 Å². The highest BCUT2D eigenvalue weighted by molar-refractivity contribution is 6.11. The lowest BCUT2D eigenvalue weighted by Crippen LogP contribution is -2.27. The summed E-state index contributed by atoms with van der Waals surface area (Å²) in [5, 5.41) is 4.96. The van der Waals surface area contributed by atoms with Crippen LogP contribution in [-0.4, -0.2) is 29.1 Å². The van der Waals surface area contributed by atoms with Crippen LogP contribution in [0.1, 0.15) is 45.2 Å². The Kier molecular flexibility index (Phi) is 12.3. The molecule has 0 fully saturated rings. The van der Waals surface area contributed by atoms with E-state index < -0.39 is 0 Å². The summed E-state index contributed by atoms with van der Waals surface area (Å²) >= 11 is 0. The zero-order valence-corrected chi connectivity index (χ0v) is 51.0. The first-order valence-corrected chi connectivity index (χ1v) is 32.2. The van der Waals surface area contributed by atoms with Crippen LogP contribution in [0.25, 0.3) is 145 Å². The second kappa shape index (κ2) is 21.7. The molecule has 3 aliphatic carbocycles. The molecule has 20 rings (SSSR count). The number of nitrogens with zero attached hydrogens (tertiary/aromatic N) is 6. The Balaban J connectivity index is 0.669. The molecule has 6 heteroatoms. The lowest BCUT2D eigenvalue weighted by Gasteiger charge is -2.42. The summed E-state index contributed by atoms with van der Waals surface area (Å²) in [7, 11) is 0. The van der Waals surface area contributed by atoms with Gasteiger partial charge in [-0.25, -0.2) is 19.9 Å². The third-order valence-corrected chi connectivity index (χ3v) is 19.5. The van der Waals surface area contributed by atoms with Crippen molar-refractivity contribution in [1.82, 2.24) is 29.1 Å². The SMILES string of the molecule is c1ccc(-c2nc(-c3ccc(-c4ccc5c6ccccc6n(-c6ccccc6)c5c4)cc3)cc(-c3ccc4c(c3)C3c5ccccc5C4c4cc(-c5cc(-c6ccc(-c7ccc8c9ccccc9n(-c9ccccc9)c8c7)cc6)nc(-c6ccccc6)n5)ccc43)n2)cc1. The van der Waals surface area contributed by atoms with E-state index in [-0.39, 0.29) is 11.8 Å². The van der Waals surface area contributed by atoms with Gasteiger partial charge in [0.1, 0.15) is 0 Å². The normalized spacial score (nSPS) is 13.7. The van der Waals surface area contributed by atoms with E-state index in [2.05, 4.69) is 325 Å². The van der Waals surface area contributed by atoms with Crippen LogP contribution in [0.15, 0.2) is 328 Å². The van der Waals surface area contributed by atoms with Gasteiger partial charge in [0.05, 0.1) is 44.8 Å². The van der Waals surface area contributed by atoms with E-state index in [0.29, 0.717) is 11.6 Å². The van der Waals surface area contributed by atoms with Gasteiger partial charge in [0.15, 0.2) is 11.6 Å². The van der Waals surface area contributed by atoms with Gasteiger partial charge in [0.25, 0.3) is 0 Å². The summed E-state index contributed by atoms with van der Waals surface area (Å²) in [5.74, 6) is 1.43. The van der Waals surface area contributed by atoms with Crippen LogP contribution in [0.3, 0.4) is 0 Å². The molecule has 0 amide bonds. The predicted molar refractivity (Wildman–Crippen MR) is 385 cm³/mol. The molecule has 94 heavy (non-hydrogen) atoms. The minimum absolute atomic E-state index is 0.0255. The second-order valence-electron chi connectivity index (χ2n) is 24.8. The fourth-order valence-electron chi connectivity index (χ4n) is 15.1. The molecule has 0 spiro atoms. The molecular formula is C88H56N6. The highest BCUT2D eigenvalue weighted by Crippen LogP contribution is 2.57. The van der Waals surface area contributed by atoms with E-state index >= 15 is 0 Å². The molecule has 2 bridgehead atoms. The van der Waals surface area contributed by atoms with E-state index in [0.717, 1.165) is 89.8 Å². The largest absolute Gasteiger partial charge is 0.309 e. The van der Waals surface area contributed by atoms with Crippen LogP contribution >= 0.6 is 0 Å². The van der Waals surface area contributed by atoms with Gasteiger partial charge in [-0.05, 0) is 128 Å². The van der Waals surface area contributed by atoms with Gasteiger partial charge in [0.2, 0.25) is 0 Å². The highest BCUT2D eigenvalue weighted by Gasteiger charge is 2.41. The smallest absolute Gasteiger partial charge is 0.160 e. The summed E-state index contributed by atoms with van der Waals surface area (Å²) in [6, 6.07) is 118. The average molecular weight is 1200 g/mol. The topological polar surface area (TPSA) is 61.4 Å². The Morgan fingerprint density at radius 2 is 0.500 bits per heavy atom. The van der Waals surface area contributed by atoms with Gasteiger partial charge in [-0.1, -0.05) is 255 Å². The van der Waals surface area contributed by atoms with Crippen molar-refractivity contribution in [2.24, 2.45) is 0 Å². The number of para-hydroxylation sites is 4. The third-order valence-electron chi connectivity index (χ3n) is 19.5. The molecule has 2 atom stereocenters. The Morgan fingerprint density at radius 1 is 0.191 bits per heavy atom. The van der Waals surface area contributed by atoms with Crippen LogP contribution in [0.2, 0.25) is 0 Å². The zero-order chi connectivity index (χ0) is 61.8. The monoisotopic (exact) mass is 1200 g/mol. The first-order chi connectivity index (χ1) is 46.6. The fourth-order valence-corrected chi connectivity index (χ4v) is 15.1. The molecule has 3 aliphatic rings. The Morgan fingerprint density at radius 3 is 0.915 bits per heavy atom. The number of benzene rings is 13. The van der Waals surface area contributed by atoms with Crippen molar-refractivity contribution in [2.75, 3.05) is 0 Å². The standard InChI is InChI=1S/C88H56N6/c1-5-19-59(20-6-1)87-89-77(57-37-33-55(34-38-57)61-41-45-69-67-27-15-17-31-81(67)93(83(69)51-61)65-23-9-3-10-24-65)53-79(91-87)63-43-47-73-75(49-63)85-71-29-13-14-30-72(71)86(73)76-50-64(44-48-74(76)85)80-54-78(90-88(92-80)60-21-7-2-8-22-60)58-39-35-56(36-40-58)62-42-46-70-68-28-16-18-32-82(68)94(84(70)52-62)66-25-11-4-12-26-66/h1-54,85-86H. The van der Waals surface area contributed by atoms with Crippen molar-refractivity contribution in [1.29, 1.82) is 0 Å². The van der Waals surface area contributed by atoms with E-state index in [4.69, 9.17) is 19.9 Å². The molecule has 0 radical (unpaired) electrons. The Hall–Kier alpha value is -12.4. The van der Waals surface area contributed by atoms with Crippen molar-refractivity contribution >= 4 is 43.6 Å². The molecule has 0 aliphatic heterocycles. The average Bonchev–Trinajstić information content (AvgIpc) is 0.952. The Bertz CT molecular complexity index is 5470. The molecule has 4 aromatic heterocycles. The lowest BCUT2D eigenvalue weighted by molar-refractivity contribution is 0.755. The molecule has 13 aromatic carbocycles. The van der Waals surface area contributed by atoms with E-state index in [9.17, 15) is 0 Å². The van der Waals surface area contributed by atoms with Crippen LogP contribution in [0.4, 0.5) is 0 Å². The first kappa shape index (κ1) is 53.5. The molecule has 2 unspecified atom stereocenters. The molecule has 438 valence electrons. The Labute approximate surface area is 543 Å². The second-order valence-corrected chi connectivity index (χ2v) is 24.8. The van der Waals surface area contributed by atoms with E-state index in [1.807, 2.05) is 12.1 Å². The van der Waals surface area contributed by atoms with Crippen LogP contribution in [0.5, 0.6) is 0 Å². The molecule has 0 N–H and O–H groups in total. The maximum absolute atomic E-state index is 5.37. The number of fused-ring (bicyclic) bond motifs is 6. The quantitative estimate of drug-likeness (QED) is 0.137. The van der Waals surface area contributed by atoms with Gasteiger partial charge in [-0.3, -0.25) is 0 Å². The summed E-state index contributed by atoms with van der Waals surface area (Å²) < 4.78 is 4.75. The van der Waals surface area contributed by atoms with Crippen LogP contribution in [0, 0.1) is 0 Å². The van der Waals surface area contributed by atoms with Gasteiger partial charge in [0, 0.05) is 78.1 Å². The van der Waals surface area contributed by atoms with Crippen molar-refractivity contribution in [3.63, 3.8) is 0 Å². The summed E-state index contributed by atoms with van der Waals surface area (Å²) in [5.41, 5.74) is 29.2. The van der Waals surface area contributed by atoms with Crippen LogP contribution < -0.4 is 0 Å². The van der Waals surface area contributed by atoms with Gasteiger partial charge >= 0.3 is 0 Å². The molecule has 0 saturated carbocycles. The van der Waals surface area contributed by atoms with Gasteiger partial charge in [-0.2, -0.15) is 0 Å². The maximum atomic E-state index is 5.37. The van der Waals surface area contributed by atoms with Crippen molar-refractivity contribution in [3.05, 3.63) is 361 Å². The van der Waals surface area contributed by atoms with Gasteiger partial charge in [-0.15, -0.1) is 0 Å². The molecular weight excluding hydrogens is 1140 g/mol. The number of rotatable bonds is 10. The van der Waals surface area contributed by atoms with Crippen molar-refractivity contribution < 1.29 is 0 Å². The summed E-state index contributed by atoms with van der Waals surface area (Å²) in [6.07, 6.45) is 0. The first-order valence-electron chi connectivity index (χ1n) is 32.2. The summed E-state index contributed by atoms with van der Waals surface area (Å²) in [4.78, 5) is 21.3. The van der Waals surface area contributed by atoms with Crippen molar-refractivity contribution in [3.8, 4) is 101 Å². The third kappa shape index (κ3) is 8.79. The molecule has 0 saturated heterocycles. The molecule has 4 heterocycles. The number of aromatic nitrogens is 6. The van der Waals surface area contributed by atoms with E-state index in [1.54, 1.807) is 0 Å². The summed E-state index contributed by atoms with van der Waals surface area (Å²) in [6.45, 7) is 0.